The summed E-state index contributed by atoms with van der Waals surface area (Å²) in [6.07, 6.45) is 0.482. The van der Waals surface area contributed by atoms with Crippen LogP contribution >= 0.6 is 0 Å². The molecule has 0 saturated carbocycles. The summed E-state index contributed by atoms with van der Waals surface area (Å²) >= 11 is 0. The molecule has 0 bridgehead atoms. The highest BCUT2D eigenvalue weighted by Gasteiger charge is 2.10. The van der Waals surface area contributed by atoms with E-state index >= 15 is 0 Å². The molecule has 25 heavy (non-hydrogen) atoms. The highest BCUT2D eigenvalue weighted by Crippen LogP contribution is 2.11. The van der Waals surface area contributed by atoms with Crippen LogP contribution in [0.1, 0.15) is 38.8 Å². The number of benzene rings is 2. The van der Waals surface area contributed by atoms with E-state index in [1.54, 1.807) is 55.5 Å². The lowest BCUT2D eigenvalue weighted by Crippen LogP contribution is -2.09. The molecule has 2 aromatic carbocycles. The van der Waals surface area contributed by atoms with E-state index in [4.69, 9.17) is 4.74 Å². The predicted octanol–water partition coefficient (Wildman–Crippen LogP) is 3.00. The second-order valence-corrected chi connectivity index (χ2v) is 5.50. The number of ketones is 1. The molecule has 0 aromatic heterocycles. The van der Waals surface area contributed by atoms with Crippen molar-refractivity contribution in [3.63, 3.8) is 0 Å². The molecule has 0 aliphatic heterocycles. The Balaban J connectivity index is 1.98. The number of Topliss-reactive ketones (excluding diaryl/α,β-unsaturated/α-hetero) is 1. The van der Waals surface area contributed by atoms with Crippen molar-refractivity contribution in [2.75, 3.05) is 13.7 Å². The van der Waals surface area contributed by atoms with Crippen LogP contribution in [0.3, 0.4) is 0 Å². The summed E-state index contributed by atoms with van der Waals surface area (Å²) in [7, 11) is 1.32. The molecule has 0 spiro atoms. The Kier molecular flexibility index (Phi) is 6.46. The fraction of sp³-hybridized carbons (Fsp3) is 0.250. The lowest BCUT2D eigenvalue weighted by Gasteiger charge is -2.05. The summed E-state index contributed by atoms with van der Waals surface area (Å²) in [5.41, 5.74) is 2.47. The molecule has 0 saturated heterocycles. The van der Waals surface area contributed by atoms with E-state index in [0.717, 1.165) is 11.1 Å². The quantitative estimate of drug-likeness (QED) is 0.725. The second-order valence-electron chi connectivity index (χ2n) is 5.50. The zero-order valence-electron chi connectivity index (χ0n) is 14.3. The smallest absolute Gasteiger partial charge is 0.338 e. The van der Waals surface area contributed by atoms with Gasteiger partial charge in [0, 0.05) is 12.8 Å². The molecule has 0 unspecified atom stereocenters. The summed E-state index contributed by atoms with van der Waals surface area (Å²) in [6, 6.07) is 13.6. The molecule has 5 heteroatoms. The van der Waals surface area contributed by atoms with Gasteiger partial charge < -0.3 is 9.47 Å². The Hall–Kier alpha value is -2.95. The molecule has 2 rings (SSSR count). The van der Waals surface area contributed by atoms with Crippen LogP contribution in [0.25, 0.3) is 0 Å². The van der Waals surface area contributed by atoms with Crippen LogP contribution in [0, 0.1) is 0 Å². The van der Waals surface area contributed by atoms with Gasteiger partial charge in [-0.05, 0) is 42.3 Å². The van der Waals surface area contributed by atoms with Gasteiger partial charge in [-0.3, -0.25) is 4.79 Å². The van der Waals surface area contributed by atoms with E-state index in [1.807, 2.05) is 0 Å². The SMILES string of the molecule is CCOC(=O)c1ccc(CC(=O)Cc2cccc(C(=O)OC)c2)cc1. The van der Waals surface area contributed by atoms with Gasteiger partial charge in [-0.15, -0.1) is 0 Å². The minimum absolute atomic E-state index is 0.0194. The zero-order valence-corrected chi connectivity index (χ0v) is 14.3. The average Bonchev–Trinajstić information content (AvgIpc) is 2.62. The normalized spacial score (nSPS) is 10.2. The zero-order chi connectivity index (χ0) is 18.2. The van der Waals surface area contributed by atoms with Gasteiger partial charge in [-0.25, -0.2) is 9.59 Å². The molecule has 0 fully saturated rings. The monoisotopic (exact) mass is 340 g/mol. The number of hydrogen-bond acceptors (Lipinski definition) is 5. The Morgan fingerprint density at radius 1 is 0.840 bits per heavy atom. The van der Waals surface area contributed by atoms with Gasteiger partial charge in [0.15, 0.2) is 0 Å². The van der Waals surface area contributed by atoms with E-state index in [-0.39, 0.29) is 24.6 Å². The summed E-state index contributed by atoms with van der Waals surface area (Å²) < 4.78 is 9.60. The van der Waals surface area contributed by atoms with Crippen LogP contribution in [-0.2, 0) is 27.1 Å². The number of hydrogen-bond donors (Lipinski definition) is 0. The lowest BCUT2D eigenvalue weighted by molar-refractivity contribution is -0.117. The van der Waals surface area contributed by atoms with Crippen LogP contribution in [0.4, 0.5) is 0 Å². The van der Waals surface area contributed by atoms with Gasteiger partial charge in [0.05, 0.1) is 24.8 Å². The van der Waals surface area contributed by atoms with Gasteiger partial charge in [-0.1, -0.05) is 24.3 Å². The van der Waals surface area contributed by atoms with E-state index < -0.39 is 5.97 Å². The largest absolute Gasteiger partial charge is 0.465 e. The molecule has 0 atom stereocenters. The highest BCUT2D eigenvalue weighted by molar-refractivity contribution is 5.91. The molecule has 0 heterocycles. The first kappa shape index (κ1) is 18.4. The number of rotatable bonds is 7. The summed E-state index contributed by atoms with van der Waals surface area (Å²) in [4.78, 5) is 35.4. The number of ether oxygens (including phenoxy) is 2. The molecule has 2 aromatic rings. The fourth-order valence-electron chi connectivity index (χ4n) is 2.42. The van der Waals surface area contributed by atoms with Crippen molar-refractivity contribution < 1.29 is 23.9 Å². The molecule has 0 radical (unpaired) electrons. The van der Waals surface area contributed by atoms with Gasteiger partial charge in [-0.2, -0.15) is 0 Å². The van der Waals surface area contributed by atoms with Crippen LogP contribution in [0.2, 0.25) is 0 Å². The topological polar surface area (TPSA) is 69.7 Å². The number of methoxy groups -OCH3 is 1. The van der Waals surface area contributed by atoms with Crippen molar-refractivity contribution in [3.8, 4) is 0 Å². The van der Waals surface area contributed by atoms with Crippen molar-refractivity contribution >= 4 is 17.7 Å². The maximum atomic E-state index is 12.2. The van der Waals surface area contributed by atoms with Crippen LogP contribution < -0.4 is 0 Å². The lowest BCUT2D eigenvalue weighted by atomic mass is 10.0. The third-order valence-electron chi connectivity index (χ3n) is 3.62. The first-order valence-corrected chi connectivity index (χ1v) is 7.98. The molecule has 5 nitrogen and oxygen atoms in total. The summed E-state index contributed by atoms with van der Waals surface area (Å²) in [6.45, 7) is 2.07. The maximum absolute atomic E-state index is 12.2. The molecular formula is C20H20O5. The van der Waals surface area contributed by atoms with E-state index in [1.165, 1.54) is 7.11 Å². The number of esters is 2. The fourth-order valence-corrected chi connectivity index (χ4v) is 2.42. The third kappa shape index (κ3) is 5.28. The Labute approximate surface area is 146 Å². The predicted molar refractivity (Wildman–Crippen MR) is 92.6 cm³/mol. The number of carbonyl (C=O) groups excluding carboxylic acids is 3. The Morgan fingerprint density at radius 3 is 2.16 bits per heavy atom. The van der Waals surface area contributed by atoms with Crippen molar-refractivity contribution in [1.29, 1.82) is 0 Å². The second kappa shape index (κ2) is 8.78. The minimum Gasteiger partial charge on any atom is -0.465 e. The molecule has 0 amide bonds. The van der Waals surface area contributed by atoms with Crippen molar-refractivity contribution in [2.24, 2.45) is 0 Å². The maximum Gasteiger partial charge on any atom is 0.338 e. The molecule has 0 N–H and O–H groups in total. The van der Waals surface area contributed by atoms with Gasteiger partial charge in [0.2, 0.25) is 0 Å². The van der Waals surface area contributed by atoms with Crippen LogP contribution in [0.5, 0.6) is 0 Å². The standard InChI is InChI=1S/C20H20O5/c1-3-25-20(23)16-9-7-14(8-10-16)12-18(21)13-15-5-4-6-17(11-15)19(22)24-2/h4-11H,3,12-13H2,1-2H3. The van der Waals surface area contributed by atoms with E-state index in [2.05, 4.69) is 4.74 Å². The van der Waals surface area contributed by atoms with Crippen molar-refractivity contribution in [1.82, 2.24) is 0 Å². The minimum atomic E-state index is -0.427. The van der Waals surface area contributed by atoms with Gasteiger partial charge in [0.25, 0.3) is 0 Å². The van der Waals surface area contributed by atoms with Gasteiger partial charge >= 0.3 is 11.9 Å². The van der Waals surface area contributed by atoms with Crippen LogP contribution in [0.15, 0.2) is 48.5 Å². The average molecular weight is 340 g/mol. The highest BCUT2D eigenvalue weighted by atomic mass is 16.5. The molecule has 0 aliphatic carbocycles. The first-order chi connectivity index (χ1) is 12.0. The van der Waals surface area contributed by atoms with Gasteiger partial charge in [0.1, 0.15) is 5.78 Å². The van der Waals surface area contributed by atoms with Crippen molar-refractivity contribution in [3.05, 3.63) is 70.8 Å². The number of carbonyl (C=O) groups is 3. The molecule has 0 aliphatic rings. The Morgan fingerprint density at radius 2 is 1.52 bits per heavy atom. The summed E-state index contributed by atoms with van der Waals surface area (Å²) in [5.74, 6) is -0.783. The van der Waals surface area contributed by atoms with E-state index in [9.17, 15) is 14.4 Å². The Bertz CT molecular complexity index is 762. The van der Waals surface area contributed by atoms with E-state index in [0.29, 0.717) is 17.7 Å². The molecule has 130 valence electrons. The van der Waals surface area contributed by atoms with Crippen molar-refractivity contribution in [2.45, 2.75) is 19.8 Å². The first-order valence-electron chi connectivity index (χ1n) is 7.98. The third-order valence-corrected chi connectivity index (χ3v) is 3.62. The molecular weight excluding hydrogens is 320 g/mol. The van der Waals surface area contributed by atoms with Crippen LogP contribution in [-0.4, -0.2) is 31.4 Å². The summed E-state index contributed by atoms with van der Waals surface area (Å²) in [5, 5.41) is 0.